The Morgan fingerprint density at radius 2 is 2.05 bits per heavy atom. The maximum atomic E-state index is 13.9. The molecule has 0 bridgehead atoms. The van der Waals surface area contributed by atoms with Gasteiger partial charge in [-0.2, -0.15) is 0 Å². The summed E-state index contributed by atoms with van der Waals surface area (Å²) >= 11 is 6.00. The molecule has 1 fully saturated rings. The highest BCUT2D eigenvalue weighted by Crippen LogP contribution is 2.24. The van der Waals surface area contributed by atoms with Crippen molar-refractivity contribution in [1.29, 1.82) is 0 Å². The highest BCUT2D eigenvalue weighted by atomic mass is 35.5. The molecule has 1 aromatic carbocycles. The molecule has 2 atom stereocenters. The second-order valence-corrected chi connectivity index (χ2v) is 5.98. The molecule has 0 radical (unpaired) electrons. The van der Waals surface area contributed by atoms with Crippen molar-refractivity contribution < 1.29 is 14.0 Å². The van der Waals surface area contributed by atoms with Gasteiger partial charge in [0, 0.05) is 10.6 Å². The van der Waals surface area contributed by atoms with Gasteiger partial charge in [0.05, 0.1) is 6.54 Å². The molecule has 1 saturated heterocycles. The highest BCUT2D eigenvalue weighted by molar-refractivity contribution is 6.31. The summed E-state index contributed by atoms with van der Waals surface area (Å²) in [5, 5.41) is 2.96. The fourth-order valence-electron chi connectivity index (χ4n) is 2.37. The molecular formula is C15H18ClFN2O2. The van der Waals surface area contributed by atoms with E-state index in [9.17, 15) is 14.0 Å². The normalized spacial score (nSPS) is 22.7. The number of nitrogens with one attached hydrogen (secondary N) is 1. The summed E-state index contributed by atoms with van der Waals surface area (Å²) in [5.74, 6) is -0.959. The van der Waals surface area contributed by atoms with Gasteiger partial charge in [0.1, 0.15) is 17.9 Å². The van der Waals surface area contributed by atoms with Gasteiger partial charge in [-0.1, -0.05) is 31.5 Å². The zero-order valence-electron chi connectivity index (χ0n) is 12.2. The number of hydrogen-bond donors (Lipinski definition) is 1. The minimum absolute atomic E-state index is 0.0118. The van der Waals surface area contributed by atoms with Crippen molar-refractivity contribution in [3.8, 4) is 0 Å². The van der Waals surface area contributed by atoms with Crippen molar-refractivity contribution in [2.24, 2.45) is 5.92 Å². The van der Waals surface area contributed by atoms with Crippen LogP contribution in [0.3, 0.4) is 0 Å². The van der Waals surface area contributed by atoms with E-state index >= 15 is 0 Å². The summed E-state index contributed by atoms with van der Waals surface area (Å²) in [7, 11) is 0. The molecule has 2 amide bonds. The topological polar surface area (TPSA) is 49.4 Å². The van der Waals surface area contributed by atoms with Gasteiger partial charge < -0.3 is 10.2 Å². The predicted molar refractivity (Wildman–Crippen MR) is 78.2 cm³/mol. The van der Waals surface area contributed by atoms with E-state index in [4.69, 9.17) is 11.6 Å². The van der Waals surface area contributed by atoms with E-state index in [2.05, 4.69) is 5.32 Å². The van der Waals surface area contributed by atoms with Gasteiger partial charge in [-0.05, 0) is 25.0 Å². The Bertz CT molecular complexity index is 557. The molecule has 21 heavy (non-hydrogen) atoms. The van der Waals surface area contributed by atoms with E-state index < -0.39 is 17.9 Å². The number of halogens is 2. The average Bonchev–Trinajstić information content (AvgIpc) is 2.41. The molecule has 114 valence electrons. The van der Waals surface area contributed by atoms with Crippen molar-refractivity contribution in [3.05, 3.63) is 34.6 Å². The second kappa shape index (κ2) is 6.02. The smallest absolute Gasteiger partial charge is 0.246 e. The Kier molecular flexibility index (Phi) is 4.52. The van der Waals surface area contributed by atoms with Crippen LogP contribution >= 0.6 is 11.6 Å². The Balaban J connectivity index is 2.32. The first kappa shape index (κ1) is 15.8. The lowest BCUT2D eigenvalue weighted by molar-refractivity contribution is -0.150. The van der Waals surface area contributed by atoms with Gasteiger partial charge in [-0.15, -0.1) is 0 Å². The molecule has 1 heterocycles. The van der Waals surface area contributed by atoms with Gasteiger partial charge in [0.25, 0.3) is 0 Å². The molecule has 1 aromatic rings. The number of rotatable bonds is 3. The third kappa shape index (κ3) is 3.02. The number of amides is 2. The monoisotopic (exact) mass is 312 g/mol. The molecule has 4 nitrogen and oxygen atoms in total. The molecule has 2 rings (SSSR count). The van der Waals surface area contributed by atoms with E-state index in [0.717, 1.165) is 0 Å². The van der Waals surface area contributed by atoms with Gasteiger partial charge >= 0.3 is 0 Å². The third-order valence-electron chi connectivity index (χ3n) is 3.75. The van der Waals surface area contributed by atoms with Crippen LogP contribution in [0.25, 0.3) is 0 Å². The van der Waals surface area contributed by atoms with Crippen molar-refractivity contribution in [1.82, 2.24) is 10.2 Å². The number of carbonyl (C=O) groups is 2. The third-order valence-corrected chi connectivity index (χ3v) is 4.10. The van der Waals surface area contributed by atoms with Crippen molar-refractivity contribution in [3.63, 3.8) is 0 Å². The zero-order chi connectivity index (χ0) is 15.7. The van der Waals surface area contributed by atoms with Crippen LogP contribution in [0.2, 0.25) is 5.02 Å². The zero-order valence-corrected chi connectivity index (χ0v) is 12.9. The average molecular weight is 313 g/mol. The van der Waals surface area contributed by atoms with Gasteiger partial charge in [0.15, 0.2) is 0 Å². The summed E-state index contributed by atoms with van der Waals surface area (Å²) in [5.41, 5.74) is 0.233. The quantitative estimate of drug-likeness (QED) is 0.931. The summed E-state index contributed by atoms with van der Waals surface area (Å²) in [6.07, 6.45) is 0. The molecule has 0 spiro atoms. The van der Waals surface area contributed by atoms with Crippen molar-refractivity contribution >= 4 is 23.4 Å². The standard InChI is InChI=1S/C15H18ClFN2O2/c1-8(2)13-15(21)19(9(3)14(20)18-13)7-10-11(16)5-4-6-12(10)17/h4-6,8-9,13H,7H2,1-3H3,(H,18,20). The van der Waals surface area contributed by atoms with E-state index in [1.54, 1.807) is 13.0 Å². The minimum Gasteiger partial charge on any atom is -0.342 e. The summed E-state index contributed by atoms with van der Waals surface area (Å²) in [6, 6.07) is 3.13. The molecule has 6 heteroatoms. The minimum atomic E-state index is -0.650. The summed E-state index contributed by atoms with van der Waals surface area (Å²) in [4.78, 5) is 25.9. The number of carbonyl (C=O) groups excluding carboxylic acids is 2. The van der Waals surface area contributed by atoms with Crippen LogP contribution in [0.4, 0.5) is 4.39 Å². The van der Waals surface area contributed by atoms with Crippen LogP contribution < -0.4 is 5.32 Å². The van der Waals surface area contributed by atoms with E-state index in [1.807, 2.05) is 13.8 Å². The first-order chi connectivity index (χ1) is 9.82. The Morgan fingerprint density at radius 1 is 1.38 bits per heavy atom. The maximum absolute atomic E-state index is 13.9. The molecule has 1 aliphatic rings. The summed E-state index contributed by atoms with van der Waals surface area (Å²) in [6.45, 7) is 5.32. The molecule has 2 unspecified atom stereocenters. The largest absolute Gasteiger partial charge is 0.342 e. The predicted octanol–water partition coefficient (Wildman–Crippen LogP) is 2.35. The van der Waals surface area contributed by atoms with Gasteiger partial charge in [-0.3, -0.25) is 9.59 Å². The lowest BCUT2D eigenvalue weighted by Gasteiger charge is -2.39. The van der Waals surface area contributed by atoms with Crippen LogP contribution in [0, 0.1) is 11.7 Å². The van der Waals surface area contributed by atoms with Crippen LogP contribution in [-0.4, -0.2) is 28.8 Å². The highest BCUT2D eigenvalue weighted by Gasteiger charge is 2.39. The van der Waals surface area contributed by atoms with Crippen LogP contribution in [0.15, 0.2) is 18.2 Å². The molecular weight excluding hydrogens is 295 g/mol. The fourth-order valence-corrected chi connectivity index (χ4v) is 2.59. The van der Waals surface area contributed by atoms with E-state index in [-0.39, 0.29) is 34.9 Å². The Labute approximate surface area is 128 Å². The van der Waals surface area contributed by atoms with E-state index in [0.29, 0.717) is 0 Å². The first-order valence-electron chi connectivity index (χ1n) is 6.86. The molecule has 1 aliphatic heterocycles. The SMILES string of the molecule is CC(C)C1NC(=O)C(C)N(Cc2c(F)cccc2Cl)C1=O. The number of piperazine rings is 1. The molecule has 0 aromatic heterocycles. The Hall–Kier alpha value is -1.62. The van der Waals surface area contributed by atoms with Crippen molar-refractivity contribution in [2.75, 3.05) is 0 Å². The summed E-state index contributed by atoms with van der Waals surface area (Å²) < 4.78 is 13.9. The Morgan fingerprint density at radius 3 is 2.62 bits per heavy atom. The lowest BCUT2D eigenvalue weighted by atomic mass is 9.98. The van der Waals surface area contributed by atoms with Crippen LogP contribution in [0.5, 0.6) is 0 Å². The lowest BCUT2D eigenvalue weighted by Crippen LogP contribution is -2.63. The number of hydrogen-bond acceptors (Lipinski definition) is 2. The first-order valence-corrected chi connectivity index (χ1v) is 7.24. The fraction of sp³-hybridized carbons (Fsp3) is 0.467. The molecule has 1 N–H and O–H groups in total. The van der Waals surface area contributed by atoms with E-state index in [1.165, 1.54) is 17.0 Å². The van der Waals surface area contributed by atoms with Crippen molar-refractivity contribution in [2.45, 2.75) is 39.4 Å². The number of benzene rings is 1. The molecule has 0 saturated carbocycles. The second-order valence-electron chi connectivity index (χ2n) is 5.57. The van der Waals surface area contributed by atoms with Crippen LogP contribution in [-0.2, 0) is 16.1 Å². The van der Waals surface area contributed by atoms with Gasteiger partial charge in [-0.25, -0.2) is 4.39 Å². The maximum Gasteiger partial charge on any atom is 0.246 e. The van der Waals surface area contributed by atoms with Crippen LogP contribution in [0.1, 0.15) is 26.3 Å². The number of nitrogens with zero attached hydrogens (tertiary/aromatic N) is 1. The molecule has 0 aliphatic carbocycles. The van der Waals surface area contributed by atoms with Gasteiger partial charge in [0.2, 0.25) is 11.8 Å².